The summed E-state index contributed by atoms with van der Waals surface area (Å²) in [5.74, 6) is 1.19. The van der Waals surface area contributed by atoms with Crippen molar-refractivity contribution < 1.29 is 4.79 Å². The Kier molecular flexibility index (Phi) is 7.82. The van der Waals surface area contributed by atoms with Crippen LogP contribution in [0.4, 0.5) is 5.00 Å². The largest absolute Gasteiger partial charge is 0.316 e. The Hall–Kier alpha value is -2.05. The molecule has 1 N–H and O–H groups in total. The van der Waals surface area contributed by atoms with E-state index in [9.17, 15) is 10.1 Å². The Morgan fingerprint density at radius 3 is 2.77 bits per heavy atom. The Morgan fingerprint density at radius 1 is 1.34 bits per heavy atom. The fourth-order valence-electron chi connectivity index (χ4n) is 4.37. The molecule has 1 aliphatic rings. The molecule has 0 saturated carbocycles. The summed E-state index contributed by atoms with van der Waals surface area (Å²) in [6, 6.07) is 7.57. The van der Waals surface area contributed by atoms with Gasteiger partial charge in [-0.05, 0) is 61.3 Å². The number of nitrogens with one attached hydrogen (secondary N) is 1. The number of halogens is 2. The molecule has 0 saturated heterocycles. The second kappa shape index (κ2) is 10.5. The number of aromatic nitrogens is 3. The number of carbonyl (C=O) groups is 1. The lowest BCUT2D eigenvalue weighted by atomic mass is 9.72. The quantitative estimate of drug-likeness (QED) is 0.333. The number of thiophene rings is 1. The number of rotatable bonds is 6. The third-order valence-corrected chi connectivity index (χ3v) is 9.08. The highest BCUT2D eigenvalue weighted by atomic mass is 35.5. The highest BCUT2D eigenvalue weighted by Gasteiger charge is 2.32. The lowest BCUT2D eigenvalue weighted by Crippen LogP contribution is -2.26. The Morgan fingerprint density at radius 2 is 2.11 bits per heavy atom. The van der Waals surface area contributed by atoms with E-state index in [1.54, 1.807) is 23.5 Å². The predicted molar refractivity (Wildman–Crippen MR) is 145 cm³/mol. The van der Waals surface area contributed by atoms with Crippen LogP contribution in [0.1, 0.15) is 50.1 Å². The van der Waals surface area contributed by atoms with Crippen LogP contribution in [0, 0.1) is 22.7 Å². The fourth-order valence-corrected chi connectivity index (χ4v) is 6.96. The molecule has 1 aliphatic carbocycles. The summed E-state index contributed by atoms with van der Waals surface area (Å²) >= 11 is 15.2. The number of carbonyl (C=O) groups excluding carboxylic acids is 1. The maximum Gasteiger partial charge on any atom is 0.235 e. The first kappa shape index (κ1) is 26.0. The zero-order valence-electron chi connectivity index (χ0n) is 20.1. The summed E-state index contributed by atoms with van der Waals surface area (Å²) in [5.41, 5.74) is 2.68. The van der Waals surface area contributed by atoms with Gasteiger partial charge < -0.3 is 9.88 Å². The van der Waals surface area contributed by atoms with Crippen LogP contribution in [-0.4, -0.2) is 26.4 Å². The van der Waals surface area contributed by atoms with Crippen molar-refractivity contribution in [1.29, 1.82) is 5.26 Å². The molecular weight excluding hydrogens is 521 g/mol. The molecule has 0 radical (unpaired) electrons. The van der Waals surface area contributed by atoms with Gasteiger partial charge in [0.2, 0.25) is 5.91 Å². The molecule has 1 aromatic carbocycles. The minimum atomic E-state index is -0.172. The van der Waals surface area contributed by atoms with Crippen LogP contribution in [0.2, 0.25) is 10.0 Å². The van der Waals surface area contributed by atoms with Crippen molar-refractivity contribution in [2.24, 2.45) is 11.3 Å². The highest BCUT2D eigenvalue weighted by molar-refractivity contribution is 7.99. The molecule has 6 nitrogen and oxygen atoms in total. The number of benzene rings is 1. The molecule has 0 unspecified atom stereocenters. The second-order valence-electron chi connectivity index (χ2n) is 9.64. The van der Waals surface area contributed by atoms with Crippen LogP contribution in [0.3, 0.4) is 0 Å². The summed E-state index contributed by atoms with van der Waals surface area (Å²) in [4.78, 5) is 14.1. The molecule has 0 spiro atoms. The number of fused-ring (bicyclic) bond motifs is 1. The third kappa shape index (κ3) is 5.54. The molecule has 1 atom stereocenters. The van der Waals surface area contributed by atoms with Crippen molar-refractivity contribution >= 4 is 57.2 Å². The number of hydrogen-bond donors (Lipinski definition) is 1. The van der Waals surface area contributed by atoms with Crippen molar-refractivity contribution in [3.05, 3.63) is 44.2 Å². The molecule has 0 bridgehead atoms. The van der Waals surface area contributed by atoms with Gasteiger partial charge in [0, 0.05) is 22.0 Å². The van der Waals surface area contributed by atoms with E-state index in [1.165, 1.54) is 16.6 Å². The Bertz CT molecular complexity index is 1300. The highest BCUT2D eigenvalue weighted by Crippen LogP contribution is 2.44. The molecule has 0 aliphatic heterocycles. The number of nitriles is 1. The van der Waals surface area contributed by atoms with E-state index in [0.717, 1.165) is 30.4 Å². The van der Waals surface area contributed by atoms with E-state index >= 15 is 0 Å². The van der Waals surface area contributed by atoms with Gasteiger partial charge in [0.25, 0.3) is 0 Å². The topological polar surface area (TPSA) is 83.6 Å². The Labute approximate surface area is 224 Å². The summed E-state index contributed by atoms with van der Waals surface area (Å²) < 4.78 is 1.92. The smallest absolute Gasteiger partial charge is 0.235 e. The van der Waals surface area contributed by atoms with Gasteiger partial charge in [-0.25, -0.2) is 0 Å². The van der Waals surface area contributed by atoms with Gasteiger partial charge in [-0.2, -0.15) is 5.26 Å². The van der Waals surface area contributed by atoms with E-state index in [2.05, 4.69) is 42.4 Å². The molecule has 2 aromatic heterocycles. The first-order valence-electron chi connectivity index (χ1n) is 11.5. The third-order valence-electron chi connectivity index (χ3n) is 6.39. The van der Waals surface area contributed by atoms with Crippen molar-refractivity contribution in [2.75, 3.05) is 11.1 Å². The maximum atomic E-state index is 12.8. The van der Waals surface area contributed by atoms with Crippen molar-refractivity contribution in [2.45, 2.75) is 58.7 Å². The molecule has 184 valence electrons. The molecule has 3 aromatic rings. The molecule has 10 heteroatoms. The van der Waals surface area contributed by atoms with Crippen LogP contribution in [0.25, 0.3) is 11.4 Å². The SMILES string of the molecule is CCn1c(SCC(=O)Nc2sc3c(c2C#N)CC[C@@H](C(C)(C)C)C3)nnc1-c1ccc(Cl)cc1Cl. The fraction of sp³-hybridized carbons (Fsp3) is 0.440. The van der Waals surface area contributed by atoms with Gasteiger partial charge in [0.15, 0.2) is 11.0 Å². The molecule has 1 amide bonds. The van der Waals surface area contributed by atoms with Gasteiger partial charge >= 0.3 is 0 Å². The van der Waals surface area contributed by atoms with E-state index in [-0.39, 0.29) is 17.1 Å². The van der Waals surface area contributed by atoms with E-state index in [4.69, 9.17) is 23.2 Å². The van der Waals surface area contributed by atoms with Gasteiger partial charge in [0.1, 0.15) is 11.1 Å². The monoisotopic (exact) mass is 547 g/mol. The number of hydrogen-bond acceptors (Lipinski definition) is 6. The van der Waals surface area contributed by atoms with Gasteiger partial charge in [-0.1, -0.05) is 55.7 Å². The summed E-state index contributed by atoms with van der Waals surface area (Å²) in [7, 11) is 0. The lowest BCUT2D eigenvalue weighted by molar-refractivity contribution is -0.113. The summed E-state index contributed by atoms with van der Waals surface area (Å²) in [6.07, 6.45) is 2.91. The first-order chi connectivity index (χ1) is 16.6. The second-order valence-corrected chi connectivity index (χ2v) is 12.5. The van der Waals surface area contributed by atoms with Crippen LogP contribution >= 0.6 is 46.3 Å². The normalized spacial score (nSPS) is 15.5. The zero-order chi connectivity index (χ0) is 25.3. The van der Waals surface area contributed by atoms with E-state index in [0.29, 0.717) is 44.1 Å². The average Bonchev–Trinajstić information content (AvgIpc) is 3.36. The average molecular weight is 549 g/mol. The van der Waals surface area contributed by atoms with Crippen LogP contribution < -0.4 is 5.32 Å². The maximum absolute atomic E-state index is 12.8. The number of amides is 1. The van der Waals surface area contributed by atoms with Crippen LogP contribution in [-0.2, 0) is 24.2 Å². The predicted octanol–water partition coefficient (Wildman–Crippen LogP) is 7.09. The summed E-state index contributed by atoms with van der Waals surface area (Å²) in [6.45, 7) is 9.41. The molecule has 4 rings (SSSR count). The standard InChI is InChI=1S/C25H27Cl2N5OS2/c1-5-32-22(17-9-7-15(26)11-19(17)27)30-31-24(32)34-13-21(33)29-23-18(12-28)16-8-6-14(25(2,3)4)10-20(16)35-23/h7,9,11,14H,5-6,8,10,13H2,1-4H3,(H,29,33)/t14-/m1/s1. The minimum absolute atomic E-state index is 0.157. The number of thioether (sulfide) groups is 1. The summed E-state index contributed by atoms with van der Waals surface area (Å²) in [5, 5.41) is 23.7. The Balaban J connectivity index is 1.47. The van der Waals surface area contributed by atoms with Crippen molar-refractivity contribution in [3.8, 4) is 17.5 Å². The number of anilines is 1. The zero-order valence-corrected chi connectivity index (χ0v) is 23.3. The minimum Gasteiger partial charge on any atom is -0.316 e. The molecule has 0 fully saturated rings. The van der Waals surface area contributed by atoms with Gasteiger partial charge in [-0.3, -0.25) is 4.79 Å². The number of nitrogens with zero attached hydrogens (tertiary/aromatic N) is 4. The van der Waals surface area contributed by atoms with Gasteiger partial charge in [0.05, 0.1) is 16.3 Å². The lowest BCUT2D eigenvalue weighted by Gasteiger charge is -2.33. The first-order valence-corrected chi connectivity index (χ1v) is 14.0. The molecular formula is C25H27Cl2N5OS2. The van der Waals surface area contributed by atoms with Crippen molar-refractivity contribution in [1.82, 2.24) is 14.8 Å². The van der Waals surface area contributed by atoms with E-state index < -0.39 is 0 Å². The van der Waals surface area contributed by atoms with Crippen LogP contribution in [0.5, 0.6) is 0 Å². The van der Waals surface area contributed by atoms with Gasteiger partial charge in [-0.15, -0.1) is 21.5 Å². The van der Waals surface area contributed by atoms with Crippen LogP contribution in [0.15, 0.2) is 23.4 Å². The van der Waals surface area contributed by atoms with E-state index in [1.807, 2.05) is 17.6 Å². The van der Waals surface area contributed by atoms with Crippen molar-refractivity contribution in [3.63, 3.8) is 0 Å². The molecule has 35 heavy (non-hydrogen) atoms. The molecule has 2 heterocycles.